The minimum atomic E-state index is -4.85. The maximum Gasteiger partial charge on any atom is 0.295 e. The highest BCUT2D eigenvalue weighted by Crippen LogP contribution is 2.43. The van der Waals surface area contributed by atoms with Crippen LogP contribution in [0.2, 0.25) is 0 Å². The molecule has 234 valence electrons. The predicted octanol–water partition coefficient (Wildman–Crippen LogP) is 5.19. The first-order valence-electron chi connectivity index (χ1n) is 14.9. The molecule has 0 amide bonds. The van der Waals surface area contributed by atoms with Crippen molar-refractivity contribution in [1.29, 1.82) is 0 Å². The molecule has 0 atom stereocenters. The number of sulfonamides is 1. The van der Waals surface area contributed by atoms with E-state index in [0.29, 0.717) is 47.1 Å². The van der Waals surface area contributed by atoms with E-state index in [4.69, 9.17) is 10.8 Å². The summed E-state index contributed by atoms with van der Waals surface area (Å²) in [4.78, 5) is 1.39. The molecule has 0 saturated carbocycles. The summed E-state index contributed by atoms with van der Waals surface area (Å²) >= 11 is 0. The largest absolute Gasteiger partial charge is 0.456 e. The van der Waals surface area contributed by atoms with Gasteiger partial charge >= 0.3 is 0 Å². The smallest absolute Gasteiger partial charge is 0.295 e. The fraction of sp³-hybridized carbons (Fsp3) is 0.364. The minimum Gasteiger partial charge on any atom is -0.456 e. The molecule has 44 heavy (non-hydrogen) atoms. The standard InChI is InChI=1S/C33H39N3O6S2/c1-6-11-12-13-20-34-43(37,38)26-16-19-29(32(23-26)44(39,40)41)33-27-17-14-24(35(7-2)8-3)21-30(27)42-31-22-25(15-18-28(31)33)36(9-4)10-5/h1,14-19,21-23,34H,7-13,20H2,2-5H3/p+1. The maximum absolute atomic E-state index is 13.1. The SMILES string of the molecule is C#CCCCCNS(=O)(=O)c1ccc(-c2c3ccc(=[N+](CC)CC)cc-3oc3cc(N(CC)CC)ccc23)c(S(=O)(=O)O)c1. The van der Waals surface area contributed by atoms with Gasteiger partial charge in [-0.3, -0.25) is 4.55 Å². The van der Waals surface area contributed by atoms with E-state index < -0.39 is 25.0 Å². The third kappa shape index (κ3) is 7.00. The summed E-state index contributed by atoms with van der Waals surface area (Å²) in [5.41, 5.74) is 2.77. The molecule has 1 heterocycles. The van der Waals surface area contributed by atoms with E-state index in [1.54, 1.807) is 0 Å². The Balaban J connectivity index is 2.01. The number of nitrogens with zero attached hydrogens (tertiary/aromatic N) is 2. The van der Waals surface area contributed by atoms with Gasteiger partial charge in [0.2, 0.25) is 15.4 Å². The normalized spacial score (nSPS) is 12.0. The van der Waals surface area contributed by atoms with Crippen molar-refractivity contribution in [2.45, 2.75) is 56.7 Å². The zero-order chi connectivity index (χ0) is 32.1. The number of hydrogen-bond acceptors (Lipinski definition) is 6. The lowest BCUT2D eigenvalue weighted by Crippen LogP contribution is -2.29. The Morgan fingerprint density at radius 1 is 0.909 bits per heavy atom. The van der Waals surface area contributed by atoms with Crippen molar-refractivity contribution >= 4 is 36.8 Å². The number of terminal acetylenes is 1. The number of unbranched alkanes of at least 4 members (excludes halogenated alkanes) is 2. The van der Waals surface area contributed by atoms with Gasteiger partial charge in [-0.15, -0.1) is 12.3 Å². The van der Waals surface area contributed by atoms with Crippen LogP contribution in [0.25, 0.3) is 33.4 Å². The van der Waals surface area contributed by atoms with E-state index >= 15 is 0 Å². The highest BCUT2D eigenvalue weighted by molar-refractivity contribution is 7.89. The molecule has 1 aliphatic carbocycles. The Hall–Kier alpha value is -3.69. The van der Waals surface area contributed by atoms with Crippen molar-refractivity contribution in [3.05, 3.63) is 60.0 Å². The van der Waals surface area contributed by atoms with Crippen molar-refractivity contribution in [1.82, 2.24) is 9.30 Å². The summed E-state index contributed by atoms with van der Waals surface area (Å²) in [6, 6.07) is 15.3. The first-order valence-corrected chi connectivity index (χ1v) is 17.8. The van der Waals surface area contributed by atoms with Gasteiger partial charge in [0, 0.05) is 66.0 Å². The molecule has 0 spiro atoms. The van der Waals surface area contributed by atoms with Crippen molar-refractivity contribution in [2.75, 3.05) is 37.6 Å². The molecule has 0 fully saturated rings. The Morgan fingerprint density at radius 3 is 2.25 bits per heavy atom. The van der Waals surface area contributed by atoms with E-state index in [2.05, 4.69) is 47.8 Å². The monoisotopic (exact) mass is 638 g/mol. The van der Waals surface area contributed by atoms with Gasteiger partial charge in [-0.2, -0.15) is 8.42 Å². The molecule has 0 radical (unpaired) electrons. The highest BCUT2D eigenvalue weighted by Gasteiger charge is 2.27. The van der Waals surface area contributed by atoms with E-state index in [1.165, 1.54) is 12.1 Å². The molecule has 0 bridgehead atoms. The van der Waals surface area contributed by atoms with Crippen molar-refractivity contribution in [2.24, 2.45) is 0 Å². The van der Waals surface area contributed by atoms with Gasteiger partial charge in [-0.25, -0.2) is 17.7 Å². The summed E-state index contributed by atoms with van der Waals surface area (Å²) in [5.74, 6) is 3.04. The zero-order valence-electron chi connectivity index (χ0n) is 25.6. The van der Waals surface area contributed by atoms with E-state index in [1.807, 2.05) is 36.4 Å². The molecule has 2 aliphatic rings. The zero-order valence-corrected chi connectivity index (χ0v) is 27.3. The molecule has 11 heteroatoms. The second kappa shape index (κ2) is 13.9. The lowest BCUT2D eigenvalue weighted by atomic mass is 9.93. The van der Waals surface area contributed by atoms with Crippen LogP contribution in [0.5, 0.6) is 0 Å². The van der Waals surface area contributed by atoms with Crippen molar-refractivity contribution in [3.63, 3.8) is 0 Å². The molecule has 2 N–H and O–H groups in total. The second-order valence-electron chi connectivity index (χ2n) is 10.4. The molecule has 0 aromatic heterocycles. The van der Waals surface area contributed by atoms with Gasteiger partial charge in [0.15, 0.2) is 0 Å². The quantitative estimate of drug-likeness (QED) is 0.0680. The van der Waals surface area contributed by atoms with E-state index in [-0.39, 0.29) is 17.0 Å². The third-order valence-corrected chi connectivity index (χ3v) is 10.1. The number of hydrogen-bond donors (Lipinski definition) is 2. The van der Waals surface area contributed by atoms with E-state index in [9.17, 15) is 21.4 Å². The topological polar surface area (TPSA) is 120 Å². The molecular formula is C33H40N3O6S2+. The second-order valence-corrected chi connectivity index (χ2v) is 13.5. The Labute approximate surface area is 260 Å². The van der Waals surface area contributed by atoms with Crippen LogP contribution in [-0.4, -0.2) is 54.1 Å². The van der Waals surface area contributed by atoms with Crippen LogP contribution in [0, 0.1) is 12.3 Å². The van der Waals surface area contributed by atoms with Crippen LogP contribution in [0.4, 0.5) is 5.69 Å². The molecule has 1 aliphatic heterocycles. The number of benzene rings is 3. The molecule has 2 aromatic rings. The minimum absolute atomic E-state index is 0.145. The average Bonchev–Trinajstić information content (AvgIpc) is 3.00. The third-order valence-electron chi connectivity index (χ3n) is 7.80. The lowest BCUT2D eigenvalue weighted by molar-refractivity contribution is 0.483. The average molecular weight is 639 g/mol. The Morgan fingerprint density at radius 2 is 1.61 bits per heavy atom. The van der Waals surface area contributed by atoms with Gasteiger partial charge in [0.05, 0.1) is 11.0 Å². The number of anilines is 1. The molecule has 4 rings (SSSR count). The number of fused-ring (bicyclic) bond motifs is 2. The number of nitrogens with one attached hydrogen (secondary N) is 1. The summed E-state index contributed by atoms with van der Waals surface area (Å²) in [7, 11) is -8.92. The Kier molecular flexibility index (Phi) is 10.5. The van der Waals surface area contributed by atoms with Crippen molar-refractivity contribution in [3.8, 4) is 34.8 Å². The van der Waals surface area contributed by atoms with Crippen LogP contribution in [0.1, 0.15) is 47.0 Å². The van der Waals surface area contributed by atoms with Crippen LogP contribution in [0.3, 0.4) is 0 Å². The van der Waals surface area contributed by atoms with Gasteiger partial charge in [0.25, 0.3) is 10.1 Å². The predicted molar refractivity (Wildman–Crippen MR) is 176 cm³/mol. The van der Waals surface area contributed by atoms with Gasteiger partial charge in [-0.1, -0.05) is 6.07 Å². The summed E-state index contributed by atoms with van der Waals surface area (Å²) < 4.78 is 73.4. The highest BCUT2D eigenvalue weighted by atomic mass is 32.2. The first-order chi connectivity index (χ1) is 21.0. The number of rotatable bonds is 13. The molecule has 9 nitrogen and oxygen atoms in total. The summed E-state index contributed by atoms with van der Waals surface area (Å²) in [6.07, 6.45) is 6.98. The van der Waals surface area contributed by atoms with Gasteiger partial charge < -0.3 is 9.32 Å². The van der Waals surface area contributed by atoms with Gasteiger partial charge in [0.1, 0.15) is 29.3 Å². The fourth-order valence-corrected chi connectivity index (χ4v) is 7.36. The van der Waals surface area contributed by atoms with Crippen LogP contribution < -0.4 is 19.6 Å². The molecule has 0 unspecified atom stereocenters. The summed E-state index contributed by atoms with van der Waals surface area (Å²) in [5, 5.41) is 1.57. The van der Waals surface area contributed by atoms with E-state index in [0.717, 1.165) is 43.3 Å². The van der Waals surface area contributed by atoms with Crippen molar-refractivity contribution < 1.29 is 25.8 Å². The molecule has 0 saturated heterocycles. The molecule has 2 aromatic carbocycles. The first kappa shape index (κ1) is 33.2. The lowest BCUT2D eigenvalue weighted by Gasteiger charge is -2.22. The van der Waals surface area contributed by atoms with Crippen LogP contribution in [-0.2, 0) is 20.1 Å². The molecular weight excluding hydrogens is 599 g/mol. The maximum atomic E-state index is 13.1. The fourth-order valence-electron chi connectivity index (χ4n) is 5.46. The van der Waals surface area contributed by atoms with Crippen LogP contribution in [0.15, 0.2) is 68.8 Å². The van der Waals surface area contributed by atoms with Crippen LogP contribution >= 0.6 is 0 Å². The Bertz CT molecular complexity index is 1950. The summed E-state index contributed by atoms with van der Waals surface area (Å²) in [6.45, 7) is 11.5. The van der Waals surface area contributed by atoms with Gasteiger partial charge in [-0.05, 0) is 70.9 Å².